The summed E-state index contributed by atoms with van der Waals surface area (Å²) in [5.41, 5.74) is 0. The number of carboxylic acid groups (broad SMARTS) is 2. The third-order valence-electron chi connectivity index (χ3n) is 3.96. The minimum atomic E-state index is -0.702. The van der Waals surface area contributed by atoms with Crippen LogP contribution in [0.15, 0.2) is 0 Å². The SMILES string of the molecule is CCC(CCC1CCC(C(=O)O)CC1)C(=O)O. The summed E-state index contributed by atoms with van der Waals surface area (Å²) < 4.78 is 0. The van der Waals surface area contributed by atoms with E-state index in [-0.39, 0.29) is 11.8 Å². The number of hydrogen-bond acceptors (Lipinski definition) is 2. The van der Waals surface area contributed by atoms with Crippen LogP contribution in [0.2, 0.25) is 0 Å². The van der Waals surface area contributed by atoms with Crippen LogP contribution in [0.4, 0.5) is 0 Å². The van der Waals surface area contributed by atoms with Crippen molar-refractivity contribution in [2.75, 3.05) is 0 Å². The molecule has 1 saturated carbocycles. The summed E-state index contributed by atoms with van der Waals surface area (Å²) >= 11 is 0. The summed E-state index contributed by atoms with van der Waals surface area (Å²) in [6.07, 6.45) is 5.72. The summed E-state index contributed by atoms with van der Waals surface area (Å²) in [4.78, 5) is 21.7. The van der Waals surface area contributed by atoms with Crippen molar-refractivity contribution in [1.82, 2.24) is 0 Å². The van der Waals surface area contributed by atoms with E-state index in [0.717, 1.165) is 38.5 Å². The fraction of sp³-hybridized carbons (Fsp3) is 0.846. The second-order valence-electron chi connectivity index (χ2n) is 5.08. The molecule has 17 heavy (non-hydrogen) atoms. The summed E-state index contributed by atoms with van der Waals surface area (Å²) in [5.74, 6) is -1.26. The first-order chi connectivity index (χ1) is 8.04. The Balaban J connectivity index is 2.26. The van der Waals surface area contributed by atoms with Crippen molar-refractivity contribution in [2.24, 2.45) is 17.8 Å². The van der Waals surface area contributed by atoms with Gasteiger partial charge in [0.1, 0.15) is 0 Å². The fourth-order valence-electron chi connectivity index (χ4n) is 2.64. The molecule has 0 saturated heterocycles. The molecule has 1 aliphatic carbocycles. The van der Waals surface area contributed by atoms with Gasteiger partial charge >= 0.3 is 11.9 Å². The van der Waals surface area contributed by atoms with Crippen molar-refractivity contribution in [2.45, 2.75) is 51.9 Å². The highest BCUT2D eigenvalue weighted by atomic mass is 16.4. The van der Waals surface area contributed by atoms with Crippen molar-refractivity contribution in [3.05, 3.63) is 0 Å². The molecular weight excluding hydrogens is 220 g/mol. The highest BCUT2D eigenvalue weighted by Gasteiger charge is 2.26. The van der Waals surface area contributed by atoms with Gasteiger partial charge in [-0.15, -0.1) is 0 Å². The van der Waals surface area contributed by atoms with Gasteiger partial charge in [-0.1, -0.05) is 6.92 Å². The maximum atomic E-state index is 10.9. The van der Waals surface area contributed by atoms with Gasteiger partial charge in [-0.25, -0.2) is 0 Å². The molecule has 4 nitrogen and oxygen atoms in total. The van der Waals surface area contributed by atoms with Crippen LogP contribution in [-0.2, 0) is 9.59 Å². The number of hydrogen-bond donors (Lipinski definition) is 2. The Morgan fingerprint density at radius 3 is 2.18 bits per heavy atom. The molecule has 0 radical (unpaired) electrons. The first-order valence-corrected chi connectivity index (χ1v) is 6.50. The topological polar surface area (TPSA) is 74.6 Å². The van der Waals surface area contributed by atoms with E-state index in [4.69, 9.17) is 10.2 Å². The van der Waals surface area contributed by atoms with Gasteiger partial charge < -0.3 is 10.2 Å². The van der Waals surface area contributed by atoms with Gasteiger partial charge in [-0.3, -0.25) is 9.59 Å². The van der Waals surface area contributed by atoms with Crippen LogP contribution in [0.25, 0.3) is 0 Å². The Bertz CT molecular complexity index is 267. The molecule has 1 fully saturated rings. The van der Waals surface area contributed by atoms with Crippen molar-refractivity contribution >= 4 is 11.9 Å². The van der Waals surface area contributed by atoms with Gasteiger partial charge in [0, 0.05) is 0 Å². The van der Waals surface area contributed by atoms with Crippen molar-refractivity contribution < 1.29 is 19.8 Å². The number of aliphatic carboxylic acids is 2. The van der Waals surface area contributed by atoms with Crippen LogP contribution in [0.1, 0.15) is 51.9 Å². The van der Waals surface area contributed by atoms with E-state index in [1.807, 2.05) is 6.92 Å². The number of carbonyl (C=O) groups is 2. The lowest BCUT2D eigenvalue weighted by Crippen LogP contribution is -2.22. The lowest BCUT2D eigenvalue weighted by molar-refractivity contribution is -0.143. The van der Waals surface area contributed by atoms with Gasteiger partial charge in [0.15, 0.2) is 0 Å². The smallest absolute Gasteiger partial charge is 0.306 e. The predicted molar refractivity (Wildman–Crippen MR) is 63.7 cm³/mol. The maximum absolute atomic E-state index is 10.9. The average Bonchev–Trinajstić information content (AvgIpc) is 2.30. The molecule has 1 unspecified atom stereocenters. The van der Waals surface area contributed by atoms with E-state index in [2.05, 4.69) is 0 Å². The first-order valence-electron chi connectivity index (χ1n) is 6.50. The molecule has 4 heteroatoms. The van der Waals surface area contributed by atoms with E-state index >= 15 is 0 Å². The van der Waals surface area contributed by atoms with Crippen molar-refractivity contribution in [3.63, 3.8) is 0 Å². The second-order valence-corrected chi connectivity index (χ2v) is 5.08. The summed E-state index contributed by atoms with van der Waals surface area (Å²) in [7, 11) is 0. The molecule has 0 bridgehead atoms. The zero-order chi connectivity index (χ0) is 12.8. The van der Waals surface area contributed by atoms with Crippen LogP contribution in [-0.4, -0.2) is 22.2 Å². The molecular formula is C13H22O4. The minimum absolute atomic E-state index is 0.173. The fourth-order valence-corrected chi connectivity index (χ4v) is 2.64. The normalized spacial score (nSPS) is 26.4. The van der Waals surface area contributed by atoms with E-state index in [9.17, 15) is 9.59 Å². The Morgan fingerprint density at radius 1 is 1.18 bits per heavy atom. The second kappa shape index (κ2) is 6.62. The van der Waals surface area contributed by atoms with Gasteiger partial charge in [0.25, 0.3) is 0 Å². The van der Waals surface area contributed by atoms with Gasteiger partial charge in [0.05, 0.1) is 11.8 Å². The molecule has 0 spiro atoms. The van der Waals surface area contributed by atoms with Crippen LogP contribution in [0, 0.1) is 17.8 Å². The van der Waals surface area contributed by atoms with Crippen LogP contribution < -0.4 is 0 Å². The maximum Gasteiger partial charge on any atom is 0.306 e. The summed E-state index contributed by atoms with van der Waals surface area (Å²) in [6.45, 7) is 1.90. The van der Waals surface area contributed by atoms with Crippen LogP contribution in [0.3, 0.4) is 0 Å². The Kier molecular flexibility index (Phi) is 5.45. The van der Waals surface area contributed by atoms with E-state index in [1.165, 1.54) is 0 Å². The largest absolute Gasteiger partial charge is 0.481 e. The highest BCUT2D eigenvalue weighted by molar-refractivity contribution is 5.70. The molecule has 0 amide bonds. The third kappa shape index (κ3) is 4.36. The minimum Gasteiger partial charge on any atom is -0.481 e. The van der Waals surface area contributed by atoms with E-state index < -0.39 is 11.9 Å². The quantitative estimate of drug-likeness (QED) is 0.751. The van der Waals surface area contributed by atoms with E-state index in [0.29, 0.717) is 12.3 Å². The average molecular weight is 242 g/mol. The molecule has 0 heterocycles. The van der Waals surface area contributed by atoms with Crippen molar-refractivity contribution in [3.8, 4) is 0 Å². The molecule has 98 valence electrons. The third-order valence-corrected chi connectivity index (χ3v) is 3.96. The standard InChI is InChI=1S/C13H22O4/c1-2-10(12(14)15)6-3-9-4-7-11(8-5-9)13(16)17/h9-11H,2-8H2,1H3,(H,14,15)(H,16,17). The Morgan fingerprint density at radius 2 is 1.76 bits per heavy atom. The highest BCUT2D eigenvalue weighted by Crippen LogP contribution is 2.32. The molecule has 0 aromatic heterocycles. The zero-order valence-electron chi connectivity index (χ0n) is 10.4. The molecule has 1 aliphatic rings. The monoisotopic (exact) mass is 242 g/mol. The first kappa shape index (κ1) is 14.0. The Labute approximate surface area is 102 Å². The summed E-state index contributed by atoms with van der Waals surface area (Å²) in [5, 5.41) is 17.8. The number of carboxylic acids is 2. The van der Waals surface area contributed by atoms with Crippen LogP contribution in [0.5, 0.6) is 0 Å². The molecule has 1 atom stereocenters. The molecule has 0 aromatic rings. The molecule has 0 aliphatic heterocycles. The summed E-state index contributed by atoms with van der Waals surface area (Å²) in [6, 6.07) is 0. The van der Waals surface area contributed by atoms with Gasteiger partial charge in [-0.05, 0) is 50.9 Å². The number of rotatable bonds is 6. The van der Waals surface area contributed by atoms with Crippen molar-refractivity contribution in [1.29, 1.82) is 0 Å². The van der Waals surface area contributed by atoms with E-state index in [1.54, 1.807) is 0 Å². The van der Waals surface area contributed by atoms with Gasteiger partial charge in [0.2, 0.25) is 0 Å². The lowest BCUT2D eigenvalue weighted by Gasteiger charge is -2.26. The predicted octanol–water partition coefficient (Wildman–Crippen LogP) is 2.77. The molecule has 0 aromatic carbocycles. The Hall–Kier alpha value is -1.06. The molecule has 1 rings (SSSR count). The lowest BCUT2D eigenvalue weighted by atomic mass is 9.79. The van der Waals surface area contributed by atoms with Gasteiger partial charge in [-0.2, -0.15) is 0 Å². The zero-order valence-corrected chi connectivity index (χ0v) is 10.4. The molecule has 2 N–H and O–H groups in total. The van der Waals surface area contributed by atoms with Crippen LogP contribution >= 0.6 is 0 Å².